The SMILES string of the molecule is COc1cc(/C=N\NC(=O)c2ccccc2Cl)ccc1OCc1ccc(C)cc1. The van der Waals surface area contributed by atoms with Crippen LogP contribution in [-0.2, 0) is 6.61 Å². The van der Waals surface area contributed by atoms with Crippen LogP contribution < -0.4 is 14.9 Å². The number of carbonyl (C=O) groups is 1. The number of benzene rings is 3. The summed E-state index contributed by atoms with van der Waals surface area (Å²) >= 11 is 6.01. The molecule has 1 amide bonds. The number of hydrogen-bond donors (Lipinski definition) is 1. The summed E-state index contributed by atoms with van der Waals surface area (Å²) in [6.45, 7) is 2.49. The first-order chi connectivity index (χ1) is 14.1. The highest BCUT2D eigenvalue weighted by Crippen LogP contribution is 2.28. The minimum Gasteiger partial charge on any atom is -0.493 e. The van der Waals surface area contributed by atoms with E-state index < -0.39 is 0 Å². The van der Waals surface area contributed by atoms with E-state index in [0.717, 1.165) is 11.1 Å². The lowest BCUT2D eigenvalue weighted by atomic mass is 10.2. The highest BCUT2D eigenvalue weighted by atomic mass is 35.5. The van der Waals surface area contributed by atoms with E-state index >= 15 is 0 Å². The fourth-order valence-electron chi connectivity index (χ4n) is 2.60. The number of carbonyl (C=O) groups excluding carboxylic acids is 1. The fraction of sp³-hybridized carbons (Fsp3) is 0.130. The van der Waals surface area contributed by atoms with E-state index in [2.05, 4.69) is 10.5 Å². The molecule has 0 heterocycles. The molecule has 0 atom stereocenters. The second-order valence-electron chi connectivity index (χ2n) is 6.36. The van der Waals surface area contributed by atoms with E-state index in [9.17, 15) is 4.79 Å². The molecule has 0 spiro atoms. The Balaban J connectivity index is 1.63. The molecule has 0 fully saturated rings. The van der Waals surface area contributed by atoms with Crippen molar-refractivity contribution in [2.75, 3.05) is 7.11 Å². The average molecular weight is 409 g/mol. The van der Waals surface area contributed by atoms with E-state index in [0.29, 0.717) is 28.7 Å². The Hall–Kier alpha value is -3.31. The molecule has 1 N–H and O–H groups in total. The monoisotopic (exact) mass is 408 g/mol. The lowest BCUT2D eigenvalue weighted by Crippen LogP contribution is -2.17. The summed E-state index contributed by atoms with van der Waals surface area (Å²) in [5, 5.41) is 4.36. The fourth-order valence-corrected chi connectivity index (χ4v) is 2.82. The average Bonchev–Trinajstić information content (AvgIpc) is 2.74. The van der Waals surface area contributed by atoms with Gasteiger partial charge in [-0.25, -0.2) is 5.43 Å². The number of halogens is 1. The molecule has 29 heavy (non-hydrogen) atoms. The van der Waals surface area contributed by atoms with Crippen molar-refractivity contribution in [2.24, 2.45) is 5.10 Å². The van der Waals surface area contributed by atoms with E-state index in [4.69, 9.17) is 21.1 Å². The Morgan fingerprint density at radius 1 is 1.07 bits per heavy atom. The van der Waals surface area contributed by atoms with E-state index in [1.54, 1.807) is 37.4 Å². The number of rotatable bonds is 7. The van der Waals surface area contributed by atoms with Crippen molar-refractivity contribution in [3.63, 3.8) is 0 Å². The van der Waals surface area contributed by atoms with Crippen LogP contribution in [0, 0.1) is 6.92 Å². The van der Waals surface area contributed by atoms with Crippen molar-refractivity contribution in [3.8, 4) is 11.5 Å². The summed E-state index contributed by atoms with van der Waals surface area (Å²) in [5.74, 6) is 0.834. The second kappa shape index (κ2) is 9.75. The quantitative estimate of drug-likeness (QED) is 0.442. The minimum atomic E-state index is -0.378. The molecule has 5 nitrogen and oxygen atoms in total. The highest BCUT2D eigenvalue weighted by molar-refractivity contribution is 6.33. The molecule has 0 radical (unpaired) electrons. The summed E-state index contributed by atoms with van der Waals surface area (Å²) in [6, 6.07) is 20.4. The van der Waals surface area contributed by atoms with Gasteiger partial charge in [0.1, 0.15) is 6.61 Å². The molecule has 0 aliphatic heterocycles. The number of ether oxygens (including phenoxy) is 2. The summed E-state index contributed by atoms with van der Waals surface area (Å²) in [5.41, 5.74) is 5.86. The van der Waals surface area contributed by atoms with Crippen LogP contribution in [0.2, 0.25) is 5.02 Å². The molecule has 0 saturated heterocycles. The molecule has 0 aliphatic rings. The molecule has 0 saturated carbocycles. The molecule has 3 aromatic rings. The zero-order valence-electron chi connectivity index (χ0n) is 16.2. The van der Waals surface area contributed by atoms with Crippen LogP contribution in [-0.4, -0.2) is 19.2 Å². The molecular formula is C23H21ClN2O3. The molecule has 148 valence electrons. The molecule has 3 rings (SSSR count). The van der Waals surface area contributed by atoms with Gasteiger partial charge in [-0.05, 0) is 48.4 Å². The minimum absolute atomic E-state index is 0.365. The first kappa shape index (κ1) is 20.4. The van der Waals surface area contributed by atoms with Crippen molar-refractivity contribution < 1.29 is 14.3 Å². The predicted octanol–water partition coefficient (Wildman–Crippen LogP) is 5.00. The van der Waals surface area contributed by atoms with Crippen molar-refractivity contribution in [1.29, 1.82) is 0 Å². The van der Waals surface area contributed by atoms with Crippen LogP contribution >= 0.6 is 11.6 Å². The number of amides is 1. The van der Waals surface area contributed by atoms with Gasteiger partial charge in [-0.1, -0.05) is 53.6 Å². The van der Waals surface area contributed by atoms with Gasteiger partial charge >= 0.3 is 0 Å². The number of nitrogens with zero attached hydrogens (tertiary/aromatic N) is 1. The molecule has 6 heteroatoms. The third kappa shape index (κ3) is 5.59. The molecule has 0 bridgehead atoms. The van der Waals surface area contributed by atoms with Gasteiger partial charge in [-0.3, -0.25) is 4.79 Å². The van der Waals surface area contributed by atoms with Gasteiger partial charge in [-0.15, -0.1) is 0 Å². The Kier molecular flexibility index (Phi) is 6.87. The van der Waals surface area contributed by atoms with Crippen LogP contribution in [0.15, 0.2) is 71.8 Å². The van der Waals surface area contributed by atoms with Gasteiger partial charge in [0.05, 0.1) is 23.9 Å². The van der Waals surface area contributed by atoms with Gasteiger partial charge < -0.3 is 9.47 Å². The largest absolute Gasteiger partial charge is 0.493 e. The summed E-state index contributed by atoms with van der Waals surface area (Å²) in [7, 11) is 1.58. The Bertz CT molecular complexity index is 1020. The van der Waals surface area contributed by atoms with Crippen LogP contribution in [0.5, 0.6) is 11.5 Å². The van der Waals surface area contributed by atoms with Crippen molar-refractivity contribution in [2.45, 2.75) is 13.5 Å². The Morgan fingerprint density at radius 3 is 2.55 bits per heavy atom. The number of nitrogens with one attached hydrogen (secondary N) is 1. The maximum Gasteiger partial charge on any atom is 0.272 e. The van der Waals surface area contributed by atoms with Crippen molar-refractivity contribution in [3.05, 3.63) is 94.0 Å². The van der Waals surface area contributed by atoms with Crippen molar-refractivity contribution in [1.82, 2.24) is 5.43 Å². The number of hydrogen-bond acceptors (Lipinski definition) is 4. The van der Waals surface area contributed by atoms with Crippen molar-refractivity contribution >= 4 is 23.7 Å². The van der Waals surface area contributed by atoms with Crippen LogP contribution in [0.3, 0.4) is 0 Å². The van der Waals surface area contributed by atoms with Crippen LogP contribution in [0.4, 0.5) is 0 Å². The summed E-state index contributed by atoms with van der Waals surface area (Å²) in [4.78, 5) is 12.1. The third-order valence-corrected chi connectivity index (χ3v) is 4.53. The molecule has 0 aromatic heterocycles. The molecular weight excluding hydrogens is 388 g/mol. The molecule has 0 unspecified atom stereocenters. The van der Waals surface area contributed by atoms with E-state index in [1.807, 2.05) is 43.3 Å². The Morgan fingerprint density at radius 2 is 1.83 bits per heavy atom. The predicted molar refractivity (Wildman–Crippen MR) is 115 cm³/mol. The lowest BCUT2D eigenvalue weighted by molar-refractivity contribution is 0.0955. The Labute approximate surface area is 174 Å². The van der Waals surface area contributed by atoms with Gasteiger partial charge in [-0.2, -0.15) is 5.10 Å². The number of hydrazone groups is 1. The first-order valence-corrected chi connectivity index (χ1v) is 9.39. The van der Waals surface area contributed by atoms with Crippen LogP contribution in [0.25, 0.3) is 0 Å². The van der Waals surface area contributed by atoms with Gasteiger partial charge in [0.2, 0.25) is 0 Å². The third-order valence-electron chi connectivity index (χ3n) is 4.20. The highest BCUT2D eigenvalue weighted by Gasteiger charge is 2.08. The topological polar surface area (TPSA) is 59.9 Å². The van der Waals surface area contributed by atoms with Gasteiger partial charge in [0, 0.05) is 0 Å². The maximum atomic E-state index is 12.1. The smallest absolute Gasteiger partial charge is 0.272 e. The van der Waals surface area contributed by atoms with Gasteiger partial charge in [0.15, 0.2) is 11.5 Å². The van der Waals surface area contributed by atoms with Crippen LogP contribution in [0.1, 0.15) is 27.0 Å². The standard InChI is InChI=1S/C23H21ClN2O3/c1-16-7-9-17(10-8-16)15-29-21-12-11-18(13-22(21)28-2)14-25-26-23(27)19-5-3-4-6-20(19)24/h3-14H,15H2,1-2H3,(H,26,27)/b25-14-. The summed E-state index contributed by atoms with van der Waals surface area (Å²) < 4.78 is 11.3. The second-order valence-corrected chi connectivity index (χ2v) is 6.77. The maximum absolute atomic E-state index is 12.1. The zero-order valence-corrected chi connectivity index (χ0v) is 16.9. The van der Waals surface area contributed by atoms with E-state index in [1.165, 1.54) is 11.8 Å². The van der Waals surface area contributed by atoms with Gasteiger partial charge in [0.25, 0.3) is 5.91 Å². The molecule has 3 aromatic carbocycles. The lowest BCUT2D eigenvalue weighted by Gasteiger charge is -2.11. The number of methoxy groups -OCH3 is 1. The normalized spacial score (nSPS) is 10.7. The summed E-state index contributed by atoms with van der Waals surface area (Å²) in [6.07, 6.45) is 1.53. The zero-order chi connectivity index (χ0) is 20.6. The molecule has 0 aliphatic carbocycles. The number of aryl methyl sites for hydroxylation is 1. The van der Waals surface area contributed by atoms with E-state index in [-0.39, 0.29) is 5.91 Å². The first-order valence-electron chi connectivity index (χ1n) is 9.01.